The summed E-state index contributed by atoms with van der Waals surface area (Å²) in [5.74, 6) is -2.73. The van der Waals surface area contributed by atoms with Crippen LogP contribution in [-0.2, 0) is 9.47 Å². The lowest BCUT2D eigenvalue weighted by Gasteiger charge is -2.28. The molecule has 0 unspecified atom stereocenters. The summed E-state index contributed by atoms with van der Waals surface area (Å²) in [7, 11) is 0. The van der Waals surface area contributed by atoms with Crippen molar-refractivity contribution >= 4 is 0 Å². The van der Waals surface area contributed by atoms with Crippen LogP contribution >= 0.6 is 0 Å². The highest BCUT2D eigenvalue weighted by Crippen LogP contribution is 2.33. The van der Waals surface area contributed by atoms with Crippen molar-refractivity contribution in [3.63, 3.8) is 0 Å². The van der Waals surface area contributed by atoms with Crippen molar-refractivity contribution < 1.29 is 27.4 Å². The van der Waals surface area contributed by atoms with Crippen LogP contribution in [0.2, 0.25) is 0 Å². The first kappa shape index (κ1) is 23.8. The van der Waals surface area contributed by atoms with Gasteiger partial charge in [-0.05, 0) is 53.5 Å². The number of rotatable bonds is 7. The van der Waals surface area contributed by atoms with E-state index in [1.54, 1.807) is 30.3 Å². The van der Waals surface area contributed by atoms with Crippen LogP contribution in [0.25, 0.3) is 22.3 Å². The molecular formula is C28H25F3O3. The quantitative estimate of drug-likeness (QED) is 0.350. The highest BCUT2D eigenvalue weighted by atomic mass is 19.2. The lowest BCUT2D eigenvalue weighted by molar-refractivity contribution is -0.159. The van der Waals surface area contributed by atoms with Crippen LogP contribution in [0.1, 0.15) is 18.4 Å². The first-order valence-electron chi connectivity index (χ1n) is 11.0. The molecule has 0 bridgehead atoms. The molecule has 1 fully saturated rings. The Morgan fingerprint density at radius 2 is 1.59 bits per heavy atom. The van der Waals surface area contributed by atoms with Crippen molar-refractivity contribution in [2.24, 2.45) is 0 Å². The minimum absolute atomic E-state index is 0.0806. The predicted octanol–water partition coefficient (Wildman–Crippen LogP) is 7.04. The highest BCUT2D eigenvalue weighted by Gasteiger charge is 2.24. The molecule has 1 heterocycles. The van der Waals surface area contributed by atoms with Crippen LogP contribution in [0.15, 0.2) is 79.4 Å². The lowest BCUT2D eigenvalue weighted by Crippen LogP contribution is -2.29. The number of benzene rings is 3. The average molecular weight is 466 g/mol. The number of halogens is 3. The first-order chi connectivity index (χ1) is 16.5. The largest absolute Gasteiger partial charge is 0.486 e. The van der Waals surface area contributed by atoms with E-state index in [1.165, 1.54) is 24.3 Å². The van der Waals surface area contributed by atoms with Gasteiger partial charge in [0.05, 0.1) is 13.2 Å². The standard InChI is InChI=1S/C28H25F3O3/c1-3-5-26-33-16-21(17-34-26)22-11-10-20(15-24(22)29)18-6-8-19(9-7-18)23-12-13-25(32-14-4-2)28(31)27(23)30/h3-13,15,21,26H,2,14,16-17H2,1H3. The zero-order chi connectivity index (χ0) is 24.1. The van der Waals surface area contributed by atoms with Crippen molar-refractivity contribution in [2.45, 2.75) is 19.1 Å². The Hall–Kier alpha value is -3.35. The fourth-order valence-electron chi connectivity index (χ4n) is 3.86. The number of hydrogen-bond donors (Lipinski definition) is 0. The second-order valence-electron chi connectivity index (χ2n) is 7.91. The molecule has 0 amide bonds. The molecule has 0 aromatic heterocycles. The highest BCUT2D eigenvalue weighted by molar-refractivity contribution is 5.71. The molecule has 0 aliphatic carbocycles. The van der Waals surface area contributed by atoms with E-state index in [4.69, 9.17) is 14.2 Å². The fraction of sp³-hybridized carbons (Fsp3) is 0.214. The molecule has 6 heteroatoms. The number of hydrogen-bond acceptors (Lipinski definition) is 3. The summed E-state index contributed by atoms with van der Waals surface area (Å²) in [6.07, 6.45) is 4.72. The molecular weight excluding hydrogens is 441 g/mol. The molecule has 0 radical (unpaired) electrons. The van der Waals surface area contributed by atoms with Gasteiger partial charge < -0.3 is 14.2 Å². The van der Waals surface area contributed by atoms with Crippen molar-refractivity contribution in [2.75, 3.05) is 19.8 Å². The van der Waals surface area contributed by atoms with E-state index in [2.05, 4.69) is 6.58 Å². The monoisotopic (exact) mass is 466 g/mol. The summed E-state index contributed by atoms with van der Waals surface area (Å²) in [6, 6.07) is 14.7. The molecule has 3 aromatic rings. The minimum Gasteiger partial charge on any atom is -0.486 e. The molecule has 1 saturated heterocycles. The lowest BCUT2D eigenvalue weighted by atomic mass is 9.95. The summed E-state index contributed by atoms with van der Waals surface area (Å²) in [5, 5.41) is 0. The van der Waals surface area contributed by atoms with E-state index in [-0.39, 0.29) is 29.7 Å². The molecule has 176 valence electrons. The van der Waals surface area contributed by atoms with Gasteiger partial charge in [-0.1, -0.05) is 55.1 Å². The number of ether oxygens (including phenoxy) is 3. The second-order valence-corrected chi connectivity index (χ2v) is 7.91. The van der Waals surface area contributed by atoms with E-state index in [0.717, 1.165) is 5.56 Å². The molecule has 4 rings (SSSR count). The maximum absolute atomic E-state index is 14.9. The van der Waals surface area contributed by atoms with Gasteiger partial charge in [-0.25, -0.2) is 8.78 Å². The molecule has 1 aliphatic rings. The third-order valence-corrected chi connectivity index (χ3v) is 5.65. The van der Waals surface area contributed by atoms with Crippen molar-refractivity contribution in [1.82, 2.24) is 0 Å². The number of allylic oxidation sites excluding steroid dienone is 1. The van der Waals surface area contributed by atoms with Gasteiger partial charge >= 0.3 is 0 Å². The SMILES string of the molecule is C=CCOc1ccc(-c2ccc(-c3ccc(C4COC(C=CC)OC4)c(F)c3)cc2)c(F)c1F. The normalized spacial score (nSPS) is 18.2. The summed E-state index contributed by atoms with van der Waals surface area (Å²) < 4.78 is 60.1. The van der Waals surface area contributed by atoms with Gasteiger partial charge in [-0.3, -0.25) is 0 Å². The van der Waals surface area contributed by atoms with Crippen LogP contribution < -0.4 is 4.74 Å². The zero-order valence-corrected chi connectivity index (χ0v) is 18.8. The Morgan fingerprint density at radius 3 is 2.24 bits per heavy atom. The molecule has 0 saturated carbocycles. The zero-order valence-electron chi connectivity index (χ0n) is 18.8. The van der Waals surface area contributed by atoms with E-state index >= 15 is 0 Å². The summed E-state index contributed by atoms with van der Waals surface area (Å²) in [4.78, 5) is 0. The molecule has 3 nitrogen and oxygen atoms in total. The third-order valence-electron chi connectivity index (χ3n) is 5.65. The van der Waals surface area contributed by atoms with E-state index in [0.29, 0.717) is 29.9 Å². The summed E-state index contributed by atoms with van der Waals surface area (Å²) in [6.45, 7) is 6.20. The topological polar surface area (TPSA) is 27.7 Å². The van der Waals surface area contributed by atoms with Gasteiger partial charge in [0.15, 0.2) is 17.9 Å². The van der Waals surface area contributed by atoms with Crippen LogP contribution in [0, 0.1) is 17.5 Å². The maximum Gasteiger partial charge on any atom is 0.201 e. The van der Waals surface area contributed by atoms with E-state index in [9.17, 15) is 13.2 Å². The third kappa shape index (κ3) is 5.08. The van der Waals surface area contributed by atoms with Gasteiger partial charge in [0.25, 0.3) is 0 Å². The Labute approximate surface area is 197 Å². The maximum atomic E-state index is 14.9. The summed E-state index contributed by atoms with van der Waals surface area (Å²) in [5.41, 5.74) is 2.59. The van der Waals surface area contributed by atoms with Gasteiger partial charge in [0.2, 0.25) is 5.82 Å². The predicted molar refractivity (Wildman–Crippen MR) is 126 cm³/mol. The fourth-order valence-corrected chi connectivity index (χ4v) is 3.86. The molecule has 3 aromatic carbocycles. The van der Waals surface area contributed by atoms with Crippen molar-refractivity contribution in [3.8, 4) is 28.0 Å². The molecule has 0 atom stereocenters. The van der Waals surface area contributed by atoms with E-state index in [1.807, 2.05) is 25.1 Å². The average Bonchev–Trinajstić information content (AvgIpc) is 2.86. The van der Waals surface area contributed by atoms with Crippen molar-refractivity contribution in [1.29, 1.82) is 0 Å². The first-order valence-corrected chi connectivity index (χ1v) is 11.0. The second kappa shape index (κ2) is 10.7. The van der Waals surface area contributed by atoms with Crippen LogP contribution in [0.4, 0.5) is 13.2 Å². The van der Waals surface area contributed by atoms with Gasteiger partial charge in [0, 0.05) is 11.5 Å². The van der Waals surface area contributed by atoms with Crippen LogP contribution in [0.3, 0.4) is 0 Å². The Balaban J connectivity index is 1.51. The Bertz CT molecular complexity index is 1180. The van der Waals surface area contributed by atoms with Crippen LogP contribution in [0.5, 0.6) is 5.75 Å². The van der Waals surface area contributed by atoms with Gasteiger partial charge in [-0.15, -0.1) is 0 Å². The Kier molecular flexibility index (Phi) is 7.50. The van der Waals surface area contributed by atoms with Gasteiger partial charge in [-0.2, -0.15) is 4.39 Å². The van der Waals surface area contributed by atoms with Crippen LogP contribution in [-0.4, -0.2) is 26.1 Å². The molecule has 0 N–H and O–H groups in total. The molecule has 1 aliphatic heterocycles. The molecule has 0 spiro atoms. The van der Waals surface area contributed by atoms with Crippen molar-refractivity contribution in [3.05, 3.63) is 102 Å². The minimum atomic E-state index is -1.05. The van der Waals surface area contributed by atoms with E-state index < -0.39 is 17.9 Å². The molecule has 34 heavy (non-hydrogen) atoms. The summed E-state index contributed by atoms with van der Waals surface area (Å²) >= 11 is 0. The Morgan fingerprint density at radius 1 is 0.912 bits per heavy atom. The van der Waals surface area contributed by atoms with Gasteiger partial charge in [0.1, 0.15) is 12.4 Å². The smallest absolute Gasteiger partial charge is 0.201 e.